The van der Waals surface area contributed by atoms with Gasteiger partial charge in [0.05, 0.1) is 17.0 Å². The first kappa shape index (κ1) is 11.5. The lowest BCUT2D eigenvalue weighted by Gasteiger charge is -2.06. The second kappa shape index (κ2) is 4.25. The Morgan fingerprint density at radius 3 is 2.68 bits per heavy atom. The minimum atomic E-state index is 0.695. The highest BCUT2D eigenvalue weighted by molar-refractivity contribution is 5.79. The van der Waals surface area contributed by atoms with Crippen LogP contribution in [0.4, 0.5) is 0 Å². The van der Waals surface area contributed by atoms with Crippen LogP contribution in [-0.2, 0) is 7.05 Å². The second-order valence-electron chi connectivity index (χ2n) is 4.69. The zero-order valence-corrected chi connectivity index (χ0v) is 11.0. The number of aromatic nitrogens is 2. The fourth-order valence-corrected chi connectivity index (χ4v) is 2.48. The average Bonchev–Trinajstić information content (AvgIpc) is 2.75. The number of para-hydroxylation sites is 1. The Bertz CT molecular complexity index is 806. The predicted molar refractivity (Wildman–Crippen MR) is 73.9 cm³/mol. The van der Waals surface area contributed by atoms with Gasteiger partial charge in [-0.15, -0.1) is 9.36 Å². The molecule has 19 heavy (non-hydrogen) atoms. The first-order chi connectivity index (χ1) is 9.20. The molecule has 3 nitrogen and oxygen atoms in total. The highest BCUT2D eigenvalue weighted by Crippen LogP contribution is 2.20. The number of rotatable bonds is 1. The third-order valence-corrected chi connectivity index (χ3v) is 3.36. The molecule has 0 spiro atoms. The van der Waals surface area contributed by atoms with Crippen molar-refractivity contribution in [3.8, 4) is 11.8 Å². The lowest BCUT2D eigenvalue weighted by atomic mass is 10.1. The van der Waals surface area contributed by atoms with Gasteiger partial charge in [-0.2, -0.15) is 5.26 Å². The molecule has 0 N–H and O–H groups in total. The molecule has 0 amide bonds. The number of fused-ring (bicyclic) bond motifs is 1. The predicted octanol–water partition coefficient (Wildman–Crippen LogP) is 2.64. The molecule has 1 aromatic heterocycles. The van der Waals surface area contributed by atoms with E-state index in [1.54, 1.807) is 0 Å². The van der Waals surface area contributed by atoms with Gasteiger partial charge in [-0.3, -0.25) is 0 Å². The molecule has 0 bridgehead atoms. The summed E-state index contributed by atoms with van der Waals surface area (Å²) in [6.07, 6.45) is 2.10. The molecule has 0 aliphatic heterocycles. The summed E-state index contributed by atoms with van der Waals surface area (Å²) in [6.45, 7) is 2.03. The van der Waals surface area contributed by atoms with E-state index in [1.807, 2.05) is 44.3 Å². The molecule has 1 heterocycles. The number of benzene rings is 2. The quantitative estimate of drug-likeness (QED) is 0.609. The largest absolute Gasteiger partial charge is 0.203 e. The smallest absolute Gasteiger partial charge is 0.192 e. The average molecular weight is 248 g/mol. The van der Waals surface area contributed by atoms with Crippen molar-refractivity contribution in [2.75, 3.05) is 0 Å². The first-order valence-electron chi connectivity index (χ1n) is 6.18. The van der Waals surface area contributed by atoms with Gasteiger partial charge in [-0.1, -0.05) is 12.1 Å². The molecule has 0 radical (unpaired) electrons. The Labute approximate surface area is 111 Å². The summed E-state index contributed by atoms with van der Waals surface area (Å²) in [6, 6.07) is 16.2. The van der Waals surface area contributed by atoms with Crippen LogP contribution >= 0.6 is 0 Å². The van der Waals surface area contributed by atoms with E-state index >= 15 is 0 Å². The van der Waals surface area contributed by atoms with Gasteiger partial charge in [-0.25, -0.2) is 0 Å². The molecule has 92 valence electrons. The van der Waals surface area contributed by atoms with Gasteiger partial charge in [-0.05, 0) is 42.8 Å². The van der Waals surface area contributed by atoms with Gasteiger partial charge >= 0.3 is 0 Å². The number of hydrogen-bond donors (Lipinski definition) is 0. The molecule has 0 saturated carbocycles. The van der Waals surface area contributed by atoms with Gasteiger partial charge < -0.3 is 0 Å². The third-order valence-electron chi connectivity index (χ3n) is 3.36. The number of hydrogen-bond acceptors (Lipinski definition) is 1. The van der Waals surface area contributed by atoms with E-state index in [4.69, 9.17) is 5.26 Å². The molecule has 0 unspecified atom stereocenters. The molecule has 2 aromatic carbocycles. The van der Waals surface area contributed by atoms with Crippen molar-refractivity contribution in [1.29, 1.82) is 5.26 Å². The van der Waals surface area contributed by atoms with E-state index in [9.17, 15) is 0 Å². The van der Waals surface area contributed by atoms with Crippen LogP contribution in [0.1, 0.15) is 11.1 Å². The van der Waals surface area contributed by atoms with E-state index in [2.05, 4.69) is 33.8 Å². The minimum absolute atomic E-state index is 0.695. The Morgan fingerprint density at radius 2 is 1.95 bits per heavy atom. The maximum atomic E-state index is 8.95. The van der Waals surface area contributed by atoms with Crippen LogP contribution in [0, 0.1) is 18.3 Å². The van der Waals surface area contributed by atoms with Crippen LogP contribution in [0.3, 0.4) is 0 Å². The van der Waals surface area contributed by atoms with Crippen molar-refractivity contribution in [2.24, 2.45) is 7.05 Å². The van der Waals surface area contributed by atoms with Crippen LogP contribution in [0.5, 0.6) is 0 Å². The van der Waals surface area contributed by atoms with E-state index in [0.29, 0.717) is 5.56 Å². The van der Waals surface area contributed by atoms with Crippen molar-refractivity contribution < 1.29 is 4.68 Å². The van der Waals surface area contributed by atoms with Gasteiger partial charge in [0.1, 0.15) is 11.2 Å². The summed E-state index contributed by atoms with van der Waals surface area (Å²) >= 11 is 0. The van der Waals surface area contributed by atoms with Gasteiger partial charge in [0.25, 0.3) is 0 Å². The first-order valence-corrected chi connectivity index (χ1v) is 6.18. The lowest BCUT2D eigenvalue weighted by molar-refractivity contribution is -0.741. The Hall–Kier alpha value is -2.60. The summed E-state index contributed by atoms with van der Waals surface area (Å²) in [7, 11) is 2.03. The fraction of sp³-hybridized carbons (Fsp3) is 0.125. The van der Waals surface area contributed by atoms with Crippen molar-refractivity contribution in [3.63, 3.8) is 0 Å². The standard InChI is InChI=1S/C16H14N3/c1-12-9-13(10-17)7-8-15(12)19-16-6-4-3-5-14(16)11-18(19)2/h3-9,11H,1-2H3/q+1. The lowest BCUT2D eigenvalue weighted by Crippen LogP contribution is -2.37. The summed E-state index contributed by atoms with van der Waals surface area (Å²) in [5.74, 6) is 0. The molecule has 0 fully saturated rings. The normalized spacial score (nSPS) is 10.6. The zero-order valence-electron chi connectivity index (χ0n) is 11.0. The molecule has 3 rings (SSSR count). The number of nitrogens with zero attached hydrogens (tertiary/aromatic N) is 3. The van der Waals surface area contributed by atoms with Crippen LogP contribution < -0.4 is 4.68 Å². The van der Waals surface area contributed by atoms with Crippen LogP contribution in [0.25, 0.3) is 16.6 Å². The van der Waals surface area contributed by atoms with Gasteiger partial charge in [0, 0.05) is 0 Å². The van der Waals surface area contributed by atoms with E-state index in [-0.39, 0.29) is 0 Å². The highest BCUT2D eigenvalue weighted by atomic mass is 15.4. The SMILES string of the molecule is Cc1cc(C#N)ccc1-n1c2ccccc2c[n+]1C. The van der Waals surface area contributed by atoms with Gasteiger partial charge in [0.2, 0.25) is 6.20 Å². The maximum Gasteiger partial charge on any atom is 0.203 e. The summed E-state index contributed by atoms with van der Waals surface area (Å²) in [5.41, 5.74) is 4.05. The van der Waals surface area contributed by atoms with Crippen LogP contribution in [-0.4, -0.2) is 4.68 Å². The molecule has 3 aromatic rings. The summed E-state index contributed by atoms with van der Waals surface area (Å²) < 4.78 is 4.23. The van der Waals surface area contributed by atoms with Crippen molar-refractivity contribution in [3.05, 3.63) is 59.8 Å². The summed E-state index contributed by atoms with van der Waals surface area (Å²) in [5, 5.41) is 10.2. The molecular formula is C16H14N3+. The Balaban J connectivity index is 2.31. The molecule has 0 aliphatic rings. The third kappa shape index (κ3) is 1.78. The Morgan fingerprint density at radius 1 is 1.16 bits per heavy atom. The van der Waals surface area contributed by atoms with E-state index < -0.39 is 0 Å². The zero-order chi connectivity index (χ0) is 13.4. The maximum absolute atomic E-state index is 8.95. The summed E-state index contributed by atoms with van der Waals surface area (Å²) in [4.78, 5) is 0. The van der Waals surface area contributed by atoms with Gasteiger partial charge in [0.15, 0.2) is 7.05 Å². The van der Waals surface area contributed by atoms with Crippen LogP contribution in [0.15, 0.2) is 48.7 Å². The second-order valence-corrected chi connectivity index (χ2v) is 4.69. The molecule has 3 heteroatoms. The van der Waals surface area contributed by atoms with Crippen molar-refractivity contribution in [2.45, 2.75) is 6.92 Å². The number of aryl methyl sites for hydroxylation is 2. The van der Waals surface area contributed by atoms with E-state index in [0.717, 1.165) is 16.8 Å². The van der Waals surface area contributed by atoms with Crippen molar-refractivity contribution in [1.82, 2.24) is 4.68 Å². The fourth-order valence-electron chi connectivity index (χ4n) is 2.48. The molecule has 0 atom stereocenters. The van der Waals surface area contributed by atoms with Crippen molar-refractivity contribution >= 4 is 10.9 Å². The molecular weight excluding hydrogens is 234 g/mol. The number of nitriles is 1. The molecule has 0 aliphatic carbocycles. The minimum Gasteiger partial charge on any atom is -0.192 e. The highest BCUT2D eigenvalue weighted by Gasteiger charge is 2.15. The van der Waals surface area contributed by atoms with E-state index in [1.165, 1.54) is 5.39 Å². The van der Waals surface area contributed by atoms with Crippen LogP contribution in [0.2, 0.25) is 0 Å². The Kier molecular flexibility index (Phi) is 2.57. The monoisotopic (exact) mass is 248 g/mol. The topological polar surface area (TPSA) is 32.6 Å². The molecule has 0 saturated heterocycles.